The van der Waals surface area contributed by atoms with E-state index in [0.29, 0.717) is 4.47 Å². The molecule has 2 rings (SSSR count). The maximum Gasteiger partial charge on any atom is 0.264 e. The maximum atomic E-state index is 13.5. The van der Waals surface area contributed by atoms with Crippen molar-refractivity contribution in [2.24, 2.45) is 0 Å². The second-order valence-electron chi connectivity index (χ2n) is 4.68. The quantitative estimate of drug-likeness (QED) is 0.835. The molecule has 0 aromatic heterocycles. The van der Waals surface area contributed by atoms with Gasteiger partial charge in [-0.2, -0.15) is 0 Å². The summed E-state index contributed by atoms with van der Waals surface area (Å²) in [5.74, 6) is -2.97. The van der Waals surface area contributed by atoms with Crippen molar-refractivity contribution < 1.29 is 26.8 Å². The Bertz CT molecular complexity index is 854. The Morgan fingerprint density at radius 3 is 2.33 bits per heavy atom. The van der Waals surface area contributed by atoms with Gasteiger partial charge >= 0.3 is 0 Å². The molecule has 0 saturated carbocycles. The van der Waals surface area contributed by atoms with Crippen molar-refractivity contribution >= 4 is 21.6 Å². The molecule has 1 amide bonds. The van der Waals surface area contributed by atoms with Gasteiger partial charge in [-0.15, -0.1) is 0 Å². The molecule has 24 heavy (non-hydrogen) atoms. The van der Waals surface area contributed by atoms with Crippen LogP contribution in [0.2, 0.25) is 0 Å². The summed E-state index contributed by atoms with van der Waals surface area (Å²) in [7, 11) is -1.41. The van der Waals surface area contributed by atoms with Gasteiger partial charge in [0.15, 0.2) is 11.6 Å². The minimum atomic E-state index is -3.83. The Morgan fingerprint density at radius 2 is 1.75 bits per heavy atom. The fourth-order valence-electron chi connectivity index (χ4n) is 1.82. The summed E-state index contributed by atoms with van der Waals surface area (Å²) >= 11 is 0. The highest BCUT2D eigenvalue weighted by Crippen LogP contribution is 2.19. The van der Waals surface area contributed by atoms with Crippen molar-refractivity contribution in [3.63, 3.8) is 0 Å². The molecule has 0 fully saturated rings. The first-order valence-electron chi connectivity index (χ1n) is 6.66. The highest BCUT2D eigenvalue weighted by molar-refractivity contribution is 7.89. The standard InChI is InChI=1S/C15H14F2N2O4S/c1-19(23-2)24(21,22)11-8-6-10(7-9-11)15(20)18-13-5-3-4-12(16)14(13)17/h3-9H,1-2H3,(H,18,20). The maximum absolute atomic E-state index is 13.5. The summed E-state index contributed by atoms with van der Waals surface area (Å²) in [6.45, 7) is 0. The molecule has 0 heterocycles. The molecule has 9 heteroatoms. The van der Waals surface area contributed by atoms with Crippen LogP contribution in [0.4, 0.5) is 14.5 Å². The zero-order valence-electron chi connectivity index (χ0n) is 12.8. The van der Waals surface area contributed by atoms with E-state index in [0.717, 1.165) is 6.07 Å². The molecule has 0 saturated heterocycles. The summed E-state index contributed by atoms with van der Waals surface area (Å²) in [6.07, 6.45) is 0. The summed E-state index contributed by atoms with van der Waals surface area (Å²) < 4.78 is 51.4. The topological polar surface area (TPSA) is 75.7 Å². The molecule has 6 nitrogen and oxygen atoms in total. The SMILES string of the molecule is CON(C)S(=O)(=O)c1ccc(C(=O)Nc2cccc(F)c2F)cc1. The number of nitrogens with one attached hydrogen (secondary N) is 1. The molecule has 1 N–H and O–H groups in total. The molecule has 0 aliphatic heterocycles. The summed E-state index contributed by atoms with van der Waals surface area (Å²) in [5, 5.41) is 2.22. The van der Waals surface area contributed by atoms with E-state index < -0.39 is 27.6 Å². The number of amides is 1. The zero-order chi connectivity index (χ0) is 17.9. The van der Waals surface area contributed by atoms with Gasteiger partial charge in [0, 0.05) is 12.6 Å². The Morgan fingerprint density at radius 1 is 1.12 bits per heavy atom. The number of hydrogen-bond donors (Lipinski definition) is 1. The molecule has 0 atom stereocenters. The smallest absolute Gasteiger partial charge is 0.264 e. The molecular weight excluding hydrogens is 342 g/mol. The van der Waals surface area contributed by atoms with Gasteiger partial charge in [-0.1, -0.05) is 10.5 Å². The van der Waals surface area contributed by atoms with Crippen molar-refractivity contribution in [1.29, 1.82) is 0 Å². The average Bonchev–Trinajstić information content (AvgIpc) is 2.58. The van der Waals surface area contributed by atoms with Crippen LogP contribution >= 0.6 is 0 Å². The highest BCUT2D eigenvalue weighted by Gasteiger charge is 2.21. The second-order valence-corrected chi connectivity index (χ2v) is 6.61. The Hall–Kier alpha value is -2.36. The summed E-state index contributed by atoms with van der Waals surface area (Å²) in [4.78, 5) is 16.6. The van der Waals surface area contributed by atoms with Gasteiger partial charge in [-0.25, -0.2) is 17.2 Å². The van der Waals surface area contributed by atoms with Crippen LogP contribution in [0, 0.1) is 11.6 Å². The van der Waals surface area contributed by atoms with E-state index in [4.69, 9.17) is 0 Å². The minimum Gasteiger partial charge on any atom is -0.319 e. The summed E-state index contributed by atoms with van der Waals surface area (Å²) in [6, 6.07) is 8.32. The highest BCUT2D eigenvalue weighted by atomic mass is 32.2. The lowest BCUT2D eigenvalue weighted by Gasteiger charge is -2.14. The van der Waals surface area contributed by atoms with Crippen molar-refractivity contribution in [2.75, 3.05) is 19.5 Å². The molecular formula is C15H14F2N2O4S. The van der Waals surface area contributed by atoms with Crippen LogP contribution in [0.1, 0.15) is 10.4 Å². The van der Waals surface area contributed by atoms with Crippen molar-refractivity contribution in [3.05, 3.63) is 59.7 Å². The number of benzene rings is 2. The minimum absolute atomic E-state index is 0.0812. The molecule has 2 aromatic rings. The van der Waals surface area contributed by atoms with Crippen molar-refractivity contribution in [3.8, 4) is 0 Å². The van der Waals surface area contributed by atoms with E-state index in [1.165, 1.54) is 50.6 Å². The average molecular weight is 356 g/mol. The number of rotatable bonds is 5. The van der Waals surface area contributed by atoms with Gasteiger partial charge in [0.2, 0.25) is 0 Å². The molecule has 2 aromatic carbocycles. The van der Waals surface area contributed by atoms with Gasteiger partial charge < -0.3 is 5.32 Å². The lowest BCUT2D eigenvalue weighted by molar-refractivity contribution is -0.0258. The van der Waals surface area contributed by atoms with Crippen LogP contribution in [-0.2, 0) is 14.9 Å². The first-order valence-corrected chi connectivity index (χ1v) is 8.10. The number of carbonyl (C=O) groups excluding carboxylic acids is 1. The number of anilines is 1. The number of nitrogens with zero attached hydrogens (tertiary/aromatic N) is 1. The fraction of sp³-hybridized carbons (Fsp3) is 0.133. The van der Waals surface area contributed by atoms with Crippen molar-refractivity contribution in [1.82, 2.24) is 4.47 Å². The number of hydrogen-bond acceptors (Lipinski definition) is 4. The zero-order valence-corrected chi connectivity index (χ0v) is 13.6. The first kappa shape index (κ1) is 18.0. The Balaban J connectivity index is 2.22. The predicted octanol–water partition coefficient (Wildman–Crippen LogP) is 2.40. The van der Waals surface area contributed by atoms with E-state index in [1.54, 1.807) is 0 Å². The van der Waals surface area contributed by atoms with E-state index in [2.05, 4.69) is 10.2 Å². The largest absolute Gasteiger partial charge is 0.319 e. The van der Waals surface area contributed by atoms with Crippen LogP contribution in [0.25, 0.3) is 0 Å². The van der Waals surface area contributed by atoms with Crippen molar-refractivity contribution in [2.45, 2.75) is 4.90 Å². The van der Waals surface area contributed by atoms with Gasteiger partial charge in [0.1, 0.15) is 0 Å². The third-order valence-electron chi connectivity index (χ3n) is 3.21. The molecule has 0 unspecified atom stereocenters. The first-order chi connectivity index (χ1) is 11.3. The third kappa shape index (κ3) is 3.58. The van der Waals surface area contributed by atoms with Gasteiger partial charge in [0.25, 0.3) is 15.9 Å². The van der Waals surface area contributed by atoms with Gasteiger partial charge in [-0.05, 0) is 36.4 Å². The van der Waals surface area contributed by atoms with Gasteiger partial charge in [0.05, 0.1) is 17.7 Å². The van der Waals surface area contributed by atoms with E-state index in [1.807, 2.05) is 0 Å². The molecule has 0 aliphatic rings. The number of sulfonamides is 1. The molecule has 0 spiro atoms. The van der Waals surface area contributed by atoms with Crippen LogP contribution < -0.4 is 5.32 Å². The van der Waals surface area contributed by atoms with Crippen LogP contribution in [-0.4, -0.2) is 33.0 Å². The lowest BCUT2D eigenvalue weighted by atomic mass is 10.2. The number of halogens is 2. The molecule has 0 aliphatic carbocycles. The second kappa shape index (κ2) is 7.04. The molecule has 0 bridgehead atoms. The van der Waals surface area contributed by atoms with Crippen LogP contribution in [0.5, 0.6) is 0 Å². The van der Waals surface area contributed by atoms with E-state index >= 15 is 0 Å². The summed E-state index contributed by atoms with van der Waals surface area (Å²) in [5.41, 5.74) is -0.228. The number of carbonyl (C=O) groups is 1. The predicted molar refractivity (Wildman–Crippen MR) is 82.7 cm³/mol. The van der Waals surface area contributed by atoms with Crippen LogP contribution in [0.15, 0.2) is 47.4 Å². The van der Waals surface area contributed by atoms with E-state index in [9.17, 15) is 22.0 Å². The fourth-order valence-corrected chi connectivity index (χ4v) is 2.79. The molecule has 0 radical (unpaired) electrons. The normalized spacial score (nSPS) is 11.5. The third-order valence-corrected chi connectivity index (χ3v) is 4.90. The Kier molecular flexibility index (Phi) is 5.27. The van der Waals surface area contributed by atoms with Gasteiger partial charge in [-0.3, -0.25) is 9.63 Å². The molecule has 128 valence electrons. The van der Waals surface area contributed by atoms with Crippen LogP contribution in [0.3, 0.4) is 0 Å². The monoisotopic (exact) mass is 356 g/mol. The van der Waals surface area contributed by atoms with E-state index in [-0.39, 0.29) is 16.1 Å². The number of hydroxylamine groups is 1. The Labute approximate surface area is 137 Å². The lowest BCUT2D eigenvalue weighted by Crippen LogP contribution is -2.25.